The van der Waals surface area contributed by atoms with Crippen LogP contribution in [-0.4, -0.2) is 37.6 Å². The number of piperidine rings is 1. The molecule has 1 fully saturated rings. The molecule has 138 valence electrons. The van der Waals surface area contributed by atoms with E-state index in [9.17, 15) is 4.79 Å². The largest absolute Gasteiger partial charge is 0.497 e. The summed E-state index contributed by atoms with van der Waals surface area (Å²) < 4.78 is 5.25. The van der Waals surface area contributed by atoms with Crippen LogP contribution in [0, 0.1) is 5.92 Å². The van der Waals surface area contributed by atoms with Crippen molar-refractivity contribution in [1.82, 2.24) is 10.2 Å². The second kappa shape index (κ2) is 8.86. The van der Waals surface area contributed by atoms with Gasteiger partial charge in [-0.05, 0) is 48.6 Å². The Bertz CT molecular complexity index is 700. The van der Waals surface area contributed by atoms with E-state index < -0.39 is 0 Å². The maximum absolute atomic E-state index is 12.7. The van der Waals surface area contributed by atoms with E-state index in [0.717, 1.165) is 30.0 Å². The summed E-state index contributed by atoms with van der Waals surface area (Å²) in [4.78, 5) is 15.0. The van der Waals surface area contributed by atoms with Crippen molar-refractivity contribution in [3.05, 3.63) is 65.7 Å². The number of amides is 1. The summed E-state index contributed by atoms with van der Waals surface area (Å²) >= 11 is 0. The number of hydrogen-bond donors (Lipinski definition) is 1. The number of benzene rings is 2. The smallest absolute Gasteiger partial charge is 0.234 e. The number of likely N-dealkylation sites (tertiary alicyclic amines) is 1. The molecule has 2 atom stereocenters. The number of carbonyl (C=O) groups excluding carboxylic acids is 1. The van der Waals surface area contributed by atoms with Gasteiger partial charge >= 0.3 is 0 Å². The molecular weight excluding hydrogens is 324 g/mol. The zero-order chi connectivity index (χ0) is 18.4. The highest BCUT2D eigenvalue weighted by atomic mass is 16.5. The van der Waals surface area contributed by atoms with Crippen molar-refractivity contribution in [3.8, 4) is 5.75 Å². The highest BCUT2D eigenvalue weighted by Crippen LogP contribution is 2.24. The predicted molar refractivity (Wildman–Crippen MR) is 104 cm³/mol. The van der Waals surface area contributed by atoms with Crippen LogP contribution >= 0.6 is 0 Å². The van der Waals surface area contributed by atoms with Gasteiger partial charge < -0.3 is 10.1 Å². The molecule has 0 spiro atoms. The first-order valence-electron chi connectivity index (χ1n) is 9.36. The molecule has 2 aromatic carbocycles. The molecule has 1 N–H and O–H groups in total. The fourth-order valence-electron chi connectivity index (χ4n) is 3.64. The Labute approximate surface area is 156 Å². The van der Waals surface area contributed by atoms with E-state index in [-0.39, 0.29) is 11.9 Å². The summed E-state index contributed by atoms with van der Waals surface area (Å²) in [5.74, 6) is 1.56. The summed E-state index contributed by atoms with van der Waals surface area (Å²) in [7, 11) is 1.66. The van der Waals surface area contributed by atoms with Gasteiger partial charge in [0.1, 0.15) is 5.75 Å². The molecule has 0 bridgehead atoms. The van der Waals surface area contributed by atoms with Crippen molar-refractivity contribution >= 4 is 5.91 Å². The lowest BCUT2D eigenvalue weighted by Crippen LogP contribution is -2.43. The molecular formula is C22H28N2O2. The van der Waals surface area contributed by atoms with Crippen LogP contribution in [0.3, 0.4) is 0 Å². The van der Waals surface area contributed by atoms with Crippen LogP contribution in [0.2, 0.25) is 0 Å². The van der Waals surface area contributed by atoms with E-state index in [2.05, 4.69) is 29.3 Å². The average Bonchev–Trinajstić information content (AvgIpc) is 2.67. The summed E-state index contributed by atoms with van der Waals surface area (Å²) in [5.41, 5.74) is 2.13. The zero-order valence-electron chi connectivity index (χ0n) is 15.7. The van der Waals surface area contributed by atoms with E-state index in [1.807, 2.05) is 42.5 Å². The Kier molecular flexibility index (Phi) is 6.29. The van der Waals surface area contributed by atoms with Crippen molar-refractivity contribution < 1.29 is 9.53 Å². The van der Waals surface area contributed by atoms with Crippen LogP contribution in [-0.2, 0) is 4.79 Å². The first-order chi connectivity index (χ1) is 12.7. The SMILES string of the molecule is COc1ccc([C@@H](NC(=O)CN2CCC[C@H](C)C2)c2ccccc2)cc1. The van der Waals surface area contributed by atoms with E-state index in [0.29, 0.717) is 12.5 Å². The Morgan fingerprint density at radius 3 is 2.50 bits per heavy atom. The minimum atomic E-state index is -0.156. The second-order valence-corrected chi connectivity index (χ2v) is 7.17. The highest BCUT2D eigenvalue weighted by molar-refractivity contribution is 5.79. The molecule has 26 heavy (non-hydrogen) atoms. The Hall–Kier alpha value is -2.33. The zero-order valence-corrected chi connectivity index (χ0v) is 15.7. The van der Waals surface area contributed by atoms with Gasteiger partial charge in [-0.15, -0.1) is 0 Å². The monoisotopic (exact) mass is 352 g/mol. The van der Waals surface area contributed by atoms with Gasteiger partial charge in [-0.3, -0.25) is 9.69 Å². The molecule has 1 heterocycles. The number of rotatable bonds is 6. The van der Waals surface area contributed by atoms with Gasteiger partial charge in [0.2, 0.25) is 5.91 Å². The molecule has 0 saturated carbocycles. The van der Waals surface area contributed by atoms with E-state index in [1.54, 1.807) is 7.11 Å². The fourth-order valence-corrected chi connectivity index (χ4v) is 3.64. The molecule has 1 aliphatic rings. The molecule has 1 amide bonds. The van der Waals surface area contributed by atoms with Crippen LogP contribution in [0.4, 0.5) is 0 Å². The minimum absolute atomic E-state index is 0.0729. The minimum Gasteiger partial charge on any atom is -0.497 e. The molecule has 1 aliphatic heterocycles. The molecule has 0 unspecified atom stereocenters. The molecule has 0 aliphatic carbocycles. The molecule has 3 rings (SSSR count). The van der Waals surface area contributed by atoms with Gasteiger partial charge in [0.15, 0.2) is 0 Å². The van der Waals surface area contributed by atoms with Crippen LogP contribution < -0.4 is 10.1 Å². The summed E-state index contributed by atoms with van der Waals surface area (Å²) in [6, 6.07) is 17.8. The third-order valence-electron chi connectivity index (χ3n) is 5.00. The number of nitrogens with one attached hydrogen (secondary N) is 1. The lowest BCUT2D eigenvalue weighted by molar-refractivity contribution is -0.123. The molecule has 1 saturated heterocycles. The summed E-state index contributed by atoms with van der Waals surface area (Å²) in [6.07, 6.45) is 2.44. The predicted octanol–water partition coefficient (Wildman–Crippen LogP) is 3.63. The van der Waals surface area contributed by atoms with Gasteiger partial charge in [-0.1, -0.05) is 49.4 Å². The van der Waals surface area contributed by atoms with Gasteiger partial charge in [0, 0.05) is 6.54 Å². The van der Waals surface area contributed by atoms with Crippen molar-refractivity contribution in [2.45, 2.75) is 25.8 Å². The van der Waals surface area contributed by atoms with Crippen LogP contribution in [0.5, 0.6) is 5.75 Å². The Balaban J connectivity index is 1.74. The molecule has 0 radical (unpaired) electrons. The third kappa shape index (κ3) is 4.85. The number of methoxy groups -OCH3 is 1. The molecule has 2 aromatic rings. The van der Waals surface area contributed by atoms with Crippen molar-refractivity contribution in [2.75, 3.05) is 26.7 Å². The number of ether oxygens (including phenoxy) is 1. The Morgan fingerprint density at radius 1 is 1.15 bits per heavy atom. The lowest BCUT2D eigenvalue weighted by Gasteiger charge is -2.31. The van der Waals surface area contributed by atoms with E-state index >= 15 is 0 Å². The second-order valence-electron chi connectivity index (χ2n) is 7.17. The van der Waals surface area contributed by atoms with Crippen molar-refractivity contribution in [1.29, 1.82) is 0 Å². The van der Waals surface area contributed by atoms with E-state index in [4.69, 9.17) is 4.74 Å². The molecule has 4 nitrogen and oxygen atoms in total. The molecule has 0 aromatic heterocycles. The van der Waals surface area contributed by atoms with Gasteiger partial charge in [0.25, 0.3) is 0 Å². The number of hydrogen-bond acceptors (Lipinski definition) is 3. The fraction of sp³-hybridized carbons (Fsp3) is 0.409. The quantitative estimate of drug-likeness (QED) is 0.863. The first-order valence-corrected chi connectivity index (χ1v) is 9.36. The average molecular weight is 352 g/mol. The Morgan fingerprint density at radius 2 is 1.85 bits per heavy atom. The first kappa shape index (κ1) is 18.5. The van der Waals surface area contributed by atoms with Crippen molar-refractivity contribution in [3.63, 3.8) is 0 Å². The van der Waals surface area contributed by atoms with Gasteiger partial charge in [-0.25, -0.2) is 0 Å². The third-order valence-corrected chi connectivity index (χ3v) is 5.00. The van der Waals surface area contributed by atoms with Gasteiger partial charge in [-0.2, -0.15) is 0 Å². The number of carbonyl (C=O) groups is 1. The molecule has 4 heteroatoms. The maximum Gasteiger partial charge on any atom is 0.234 e. The maximum atomic E-state index is 12.7. The van der Waals surface area contributed by atoms with Crippen LogP contribution in [0.1, 0.15) is 36.9 Å². The van der Waals surface area contributed by atoms with Crippen molar-refractivity contribution in [2.24, 2.45) is 5.92 Å². The summed E-state index contributed by atoms with van der Waals surface area (Å²) in [6.45, 7) is 4.74. The number of nitrogens with zero attached hydrogens (tertiary/aromatic N) is 1. The van der Waals surface area contributed by atoms with Crippen LogP contribution in [0.25, 0.3) is 0 Å². The van der Waals surface area contributed by atoms with Crippen LogP contribution in [0.15, 0.2) is 54.6 Å². The van der Waals surface area contributed by atoms with Gasteiger partial charge in [0.05, 0.1) is 19.7 Å². The normalized spacial score (nSPS) is 18.9. The van der Waals surface area contributed by atoms with E-state index in [1.165, 1.54) is 12.8 Å². The highest BCUT2D eigenvalue weighted by Gasteiger charge is 2.21. The summed E-state index contributed by atoms with van der Waals surface area (Å²) in [5, 5.41) is 3.23. The lowest BCUT2D eigenvalue weighted by atomic mass is 9.98. The topological polar surface area (TPSA) is 41.6 Å². The standard InChI is InChI=1S/C22H28N2O2/c1-17-7-6-14-24(15-17)16-21(25)23-22(18-8-4-3-5-9-18)19-10-12-20(26-2)13-11-19/h3-5,8-13,17,22H,6-7,14-16H2,1-2H3,(H,23,25)/t17-,22-/m0/s1.